The van der Waals surface area contributed by atoms with Gasteiger partial charge in [-0.15, -0.1) is 32.7 Å². The Hall–Kier alpha value is -4.00. The number of sulfonamides is 8. The van der Waals surface area contributed by atoms with Gasteiger partial charge in [-0.3, -0.25) is 0 Å². The van der Waals surface area contributed by atoms with Gasteiger partial charge in [0.15, 0.2) is 80.2 Å². The molecule has 0 spiro atoms. The molecular weight excluding hydrogens is 1990 g/mol. The van der Waals surface area contributed by atoms with Crippen LogP contribution in [0, 0.1) is 23.7 Å². The lowest BCUT2D eigenvalue weighted by Gasteiger charge is -2.21. The van der Waals surface area contributed by atoms with Crippen LogP contribution in [-0.2, 0) is 80.2 Å². The minimum absolute atomic E-state index is 0.282. The molecule has 4 bridgehead atoms. The van der Waals surface area contributed by atoms with Crippen molar-refractivity contribution in [1.82, 2.24) is 0 Å². The van der Waals surface area contributed by atoms with Crippen molar-refractivity contribution in [2.24, 2.45) is 23.7 Å². The van der Waals surface area contributed by atoms with Crippen LogP contribution in [0.25, 0.3) is 37.8 Å². The number of halogens is 24. The van der Waals surface area contributed by atoms with Crippen LogP contribution in [0.15, 0.2) is 72.8 Å². The molecule has 2 aromatic rings. The van der Waals surface area contributed by atoms with Gasteiger partial charge in [-0.2, -0.15) is 127 Å². The third kappa shape index (κ3) is 82.8. The SMILES string of the molecule is C1CC2CCC1C2.C1CC2CCC1C2.C1CCCCC1.C1CCCCC1.CC.CC.CC.CC.CC.CC.CCCCC[N-]S(=O)(=O)C(F)(F)F.CC[N-]S(=O)(=O)C(F)(F)F.CC[N-]S(=O)(=O)C(F)(F)F.CC[N-]S(=O)(=O)C(F)(F)F.C[N-]S(=O)(=O)C(F)(F)F.C[N-]S(=O)(=O)C(F)(F)F.C[N-]S(=O)(=O)C(F)(F)F.O=S(=O)([N-]CCO)C(F)(F)F.c1ccccc1.c1ccccc1. The molecule has 0 unspecified atom stereocenters. The maximum Gasteiger partial charge on any atom is 0.480 e. The minimum atomic E-state index is -5.39. The second-order valence-electron chi connectivity index (χ2n) is 24.2. The van der Waals surface area contributed by atoms with E-state index in [-0.39, 0.29) is 26.2 Å². The summed E-state index contributed by atoms with van der Waals surface area (Å²) in [6.45, 7) is 26.6. The summed E-state index contributed by atoms with van der Waals surface area (Å²) < 4.78 is 449. The molecule has 2 aromatic carbocycles. The fraction of sp³-hybridized carbons (Fsp3) is 0.838. The van der Waals surface area contributed by atoms with E-state index in [9.17, 15) is 173 Å². The molecule has 0 aromatic heterocycles. The van der Waals surface area contributed by atoms with Gasteiger partial charge in [-0.1, -0.05) is 331 Å². The number of nitrogens with zero attached hydrogens (tertiary/aromatic N) is 8. The number of hydrogen-bond donors (Lipinski definition) is 1. The van der Waals surface area contributed by atoms with E-state index in [1.807, 2.05) is 163 Å². The predicted octanol–water partition coefficient (Wildman–Crippen LogP) is 27.4. The van der Waals surface area contributed by atoms with Crippen LogP contribution in [0.2, 0.25) is 0 Å². The summed E-state index contributed by atoms with van der Waals surface area (Å²) in [5, 5.41) is 7.97. The van der Waals surface area contributed by atoms with E-state index < -0.39 is 137 Å². The molecule has 57 heteroatoms. The summed E-state index contributed by atoms with van der Waals surface area (Å²) in [6, 6.07) is 24.0. The summed E-state index contributed by atoms with van der Waals surface area (Å²) in [6.07, 6.45) is 35.5. The smallest absolute Gasteiger partial charge is 0.480 e. The molecule has 798 valence electrons. The Morgan fingerprint density at radius 3 is 0.458 bits per heavy atom. The second kappa shape index (κ2) is 81.9. The zero-order valence-corrected chi connectivity index (χ0v) is 83.6. The summed E-state index contributed by atoms with van der Waals surface area (Å²) in [5.74, 6) is 4.69. The van der Waals surface area contributed by atoms with E-state index >= 15 is 0 Å². The Kier molecular flexibility index (Phi) is 95.4. The Bertz CT molecular complexity index is 3490. The number of benzene rings is 2. The average molecular weight is 2120 g/mol. The number of aliphatic hydroxyl groups excluding tert-OH is 1. The van der Waals surface area contributed by atoms with Crippen LogP contribution in [0.4, 0.5) is 105 Å². The number of aliphatic hydroxyl groups is 1. The highest BCUT2D eigenvalue weighted by Crippen LogP contribution is 2.45. The third-order valence-electron chi connectivity index (χ3n) is 14.9. The standard InChI is InChI=1S/2C7H12.C6H11F3NO2S.2C6H12.2C6H6.C3H5F3NO3S.3C3H5F3NO2S.3C2H3F3NO2S.6C2H6/c2*1-2-7-4-3-6(1)5-7;1-2-3-4-5-10-13(11,12)6(7,8)9;4*1-2-4-6-5-3-1;4-3(5,6)11(9,10)7-1-2-8;3*1-2-7-10(8,9)3(4,5)6;3*1-6-9(7,8)2(3,4)5;6*1-2/h2*6-7H,1-5H2;2-5H2,1H3;2*1-6H2;2*1-6H;8H,1-2H2;3*2H2,1H3;3*1H3;6*1-2H3/q;;-1;;;;;7*-1;;;;;;. The maximum absolute atomic E-state index is 11.7. The molecule has 1 N–H and O–H groups in total. The molecule has 131 heavy (non-hydrogen) atoms. The molecule has 0 heterocycles. The van der Waals surface area contributed by atoms with Crippen molar-refractivity contribution in [3.05, 3.63) is 111 Å². The molecule has 25 nitrogen and oxygen atoms in total. The number of rotatable bonds is 17. The molecular formula is C74H136F24N8O17S8-8. The van der Waals surface area contributed by atoms with Crippen molar-refractivity contribution < 1.29 is 178 Å². The predicted molar refractivity (Wildman–Crippen MR) is 469 cm³/mol. The average Bonchev–Trinajstić information content (AvgIpc) is 1.17. The fourth-order valence-electron chi connectivity index (χ4n) is 9.13. The van der Waals surface area contributed by atoms with E-state index in [0.717, 1.165) is 6.42 Å². The molecule has 6 aliphatic rings. The summed E-state index contributed by atoms with van der Waals surface area (Å²) >= 11 is 0. The first-order chi connectivity index (χ1) is 59.9. The molecule has 6 aliphatic carbocycles. The number of alkyl halides is 24. The summed E-state index contributed by atoms with van der Waals surface area (Å²) in [5.41, 5.74) is -42.1. The van der Waals surface area contributed by atoms with Gasteiger partial charge >= 0.3 is 44.1 Å². The summed E-state index contributed by atoms with van der Waals surface area (Å²) in [7, 11) is -40.2. The first-order valence-electron chi connectivity index (χ1n) is 41.3. The van der Waals surface area contributed by atoms with Crippen LogP contribution in [0.5, 0.6) is 0 Å². The van der Waals surface area contributed by atoms with E-state index in [4.69, 9.17) is 5.11 Å². The van der Waals surface area contributed by atoms with E-state index in [0.29, 0.717) is 34.0 Å². The zero-order valence-electron chi connectivity index (χ0n) is 77.1. The molecule has 0 amide bonds. The van der Waals surface area contributed by atoms with E-state index in [2.05, 4.69) is 37.8 Å². The van der Waals surface area contributed by atoms with Gasteiger partial charge < -0.3 is 42.9 Å². The number of hydrogen-bond acceptors (Lipinski definition) is 17. The molecule has 6 fully saturated rings. The van der Waals surface area contributed by atoms with E-state index in [1.165, 1.54) is 121 Å². The molecule has 0 radical (unpaired) electrons. The normalized spacial score (nSPS) is 16.7. The van der Waals surface area contributed by atoms with Crippen molar-refractivity contribution in [2.45, 2.75) is 315 Å². The highest BCUT2D eigenvalue weighted by molar-refractivity contribution is 7.96. The lowest BCUT2D eigenvalue weighted by atomic mass is 10.0. The van der Waals surface area contributed by atoms with Crippen LogP contribution >= 0.6 is 0 Å². The van der Waals surface area contributed by atoms with Gasteiger partial charge in [0.25, 0.3) is 0 Å². The first kappa shape index (κ1) is 152. The minimum Gasteiger partial charge on any atom is -0.544 e. The lowest BCUT2D eigenvalue weighted by molar-refractivity contribution is -0.0433. The highest BCUT2D eigenvalue weighted by Gasteiger charge is 2.43. The van der Waals surface area contributed by atoms with Crippen LogP contribution in [0.3, 0.4) is 0 Å². The number of fused-ring (bicyclic) bond motifs is 4. The summed E-state index contributed by atoms with van der Waals surface area (Å²) in [4.78, 5) is 0. The van der Waals surface area contributed by atoms with Gasteiger partial charge in [-0.05, 0) is 36.5 Å². The van der Waals surface area contributed by atoms with Crippen molar-refractivity contribution in [2.75, 3.05) is 60.5 Å². The Balaban J connectivity index is -0.000000116. The molecule has 8 rings (SSSR count). The van der Waals surface area contributed by atoms with Gasteiger partial charge in [0.1, 0.15) is 0 Å². The van der Waals surface area contributed by atoms with Crippen LogP contribution in [0.1, 0.15) is 271 Å². The monoisotopic (exact) mass is 2120 g/mol. The Morgan fingerprint density at radius 2 is 0.374 bits per heavy atom. The first-order valence-corrected chi connectivity index (χ1v) is 52.8. The quantitative estimate of drug-likeness (QED) is 0.113. The van der Waals surface area contributed by atoms with Crippen molar-refractivity contribution in [3.63, 3.8) is 0 Å². The van der Waals surface area contributed by atoms with Gasteiger partial charge in [0.2, 0.25) is 0 Å². The molecule has 6 saturated carbocycles. The molecule has 0 saturated heterocycles. The second-order valence-corrected chi connectivity index (χ2v) is 37.9. The fourth-order valence-corrected chi connectivity index (χ4v) is 12.2. The number of unbranched alkanes of at least 4 members (excludes halogenated alkanes) is 2. The van der Waals surface area contributed by atoms with Crippen molar-refractivity contribution in [3.8, 4) is 0 Å². The third-order valence-corrected chi connectivity index (χ3v) is 23.9. The molecule has 0 aliphatic heterocycles. The van der Waals surface area contributed by atoms with Crippen LogP contribution < -0.4 is 0 Å². The maximum atomic E-state index is 11.7. The Labute approximate surface area is 763 Å². The topological polar surface area (TPSA) is 406 Å². The van der Waals surface area contributed by atoms with Gasteiger partial charge in [0.05, 0.1) is 0 Å². The lowest BCUT2D eigenvalue weighted by Crippen LogP contribution is -2.22. The highest BCUT2D eigenvalue weighted by atomic mass is 32.2. The van der Waals surface area contributed by atoms with Crippen molar-refractivity contribution >= 4 is 80.2 Å². The van der Waals surface area contributed by atoms with Gasteiger partial charge in [-0.25, -0.2) is 67.3 Å². The van der Waals surface area contributed by atoms with Crippen LogP contribution in [-0.4, -0.2) is 177 Å². The zero-order chi connectivity index (χ0) is 106. The Morgan fingerprint density at radius 1 is 0.237 bits per heavy atom. The molecule has 0 atom stereocenters. The largest absolute Gasteiger partial charge is 0.544 e. The van der Waals surface area contributed by atoms with Crippen molar-refractivity contribution in [1.29, 1.82) is 0 Å². The van der Waals surface area contributed by atoms with E-state index in [1.54, 1.807) is 64.2 Å². The van der Waals surface area contributed by atoms with Gasteiger partial charge in [0, 0.05) is 6.61 Å².